The van der Waals surface area contributed by atoms with Crippen molar-refractivity contribution < 1.29 is 13.6 Å². The molecule has 3 aromatic carbocycles. The number of hydrogen-bond donors (Lipinski definition) is 0. The average Bonchev–Trinajstić information content (AvgIpc) is 2.58. The van der Waals surface area contributed by atoms with E-state index in [0.29, 0.717) is 11.5 Å². The Bertz CT molecular complexity index is 769. The van der Waals surface area contributed by atoms with Crippen molar-refractivity contribution in [2.75, 3.05) is 0 Å². The summed E-state index contributed by atoms with van der Waals surface area (Å²) in [5, 5.41) is 0. The number of rotatable bonds is 6. The van der Waals surface area contributed by atoms with Gasteiger partial charge in [0.2, 0.25) is 0 Å². The first-order valence-corrected chi connectivity index (χ1v) is 9.50. The molecule has 122 valence electrons. The van der Waals surface area contributed by atoms with Gasteiger partial charge in [0.25, 0.3) is 0 Å². The first kappa shape index (κ1) is 16.4. The molecule has 0 aliphatic rings. The zero-order chi connectivity index (χ0) is 16.8. The van der Waals surface area contributed by atoms with E-state index in [4.69, 9.17) is 9.05 Å². The van der Waals surface area contributed by atoms with Crippen LogP contribution in [0.3, 0.4) is 0 Å². The fourth-order valence-corrected chi connectivity index (χ4v) is 3.99. The summed E-state index contributed by atoms with van der Waals surface area (Å²) >= 11 is 0. The second-order valence-corrected chi connectivity index (χ2v) is 7.47. The van der Waals surface area contributed by atoms with Crippen LogP contribution in [0.15, 0.2) is 84.9 Å². The Kier molecular flexibility index (Phi) is 5.02. The zero-order valence-electron chi connectivity index (χ0n) is 13.5. The predicted octanol–water partition coefficient (Wildman–Crippen LogP) is 5.85. The highest BCUT2D eigenvalue weighted by Crippen LogP contribution is 2.51. The molecular formula is C20H19O3P. The predicted molar refractivity (Wildman–Crippen MR) is 96.6 cm³/mol. The zero-order valence-corrected chi connectivity index (χ0v) is 14.4. The highest BCUT2D eigenvalue weighted by atomic mass is 31.2. The maximum absolute atomic E-state index is 13.4. The Morgan fingerprint density at radius 3 is 1.62 bits per heavy atom. The lowest BCUT2D eigenvalue weighted by Gasteiger charge is -2.20. The van der Waals surface area contributed by atoms with Gasteiger partial charge in [0, 0.05) is 0 Å². The SMILES string of the molecule is Cc1ccc(CP(=O)(Oc2ccccc2)Oc2ccccc2)cc1. The summed E-state index contributed by atoms with van der Waals surface area (Å²) in [6.45, 7) is 2.02. The molecule has 0 aromatic heterocycles. The topological polar surface area (TPSA) is 35.5 Å². The van der Waals surface area contributed by atoms with Gasteiger partial charge >= 0.3 is 7.60 Å². The van der Waals surface area contributed by atoms with E-state index in [1.807, 2.05) is 67.6 Å². The van der Waals surface area contributed by atoms with Crippen molar-refractivity contribution in [3.05, 3.63) is 96.1 Å². The summed E-state index contributed by atoms with van der Waals surface area (Å²) < 4.78 is 24.9. The second-order valence-electron chi connectivity index (χ2n) is 5.56. The minimum absolute atomic E-state index is 0.205. The van der Waals surface area contributed by atoms with Crippen molar-refractivity contribution in [3.8, 4) is 11.5 Å². The third-order valence-electron chi connectivity index (χ3n) is 3.47. The molecule has 3 nitrogen and oxygen atoms in total. The molecule has 0 aliphatic heterocycles. The van der Waals surface area contributed by atoms with Gasteiger partial charge in [-0.1, -0.05) is 66.2 Å². The first-order valence-electron chi connectivity index (χ1n) is 7.77. The van der Waals surface area contributed by atoms with E-state index in [-0.39, 0.29) is 6.16 Å². The lowest BCUT2D eigenvalue weighted by molar-refractivity contribution is 0.384. The molecule has 0 spiro atoms. The molecule has 0 saturated carbocycles. The van der Waals surface area contributed by atoms with E-state index in [9.17, 15) is 4.57 Å². The van der Waals surface area contributed by atoms with Crippen LogP contribution in [0.4, 0.5) is 0 Å². The van der Waals surface area contributed by atoms with Crippen LogP contribution in [0.5, 0.6) is 11.5 Å². The summed E-state index contributed by atoms with van der Waals surface area (Å²) in [5.74, 6) is 1.06. The quantitative estimate of drug-likeness (QED) is 0.529. The monoisotopic (exact) mass is 338 g/mol. The van der Waals surface area contributed by atoms with Gasteiger partial charge in [-0.15, -0.1) is 0 Å². The second kappa shape index (κ2) is 7.37. The molecule has 0 bridgehead atoms. The van der Waals surface area contributed by atoms with Crippen LogP contribution in [0, 0.1) is 6.92 Å². The van der Waals surface area contributed by atoms with Crippen LogP contribution in [0.2, 0.25) is 0 Å². The molecule has 0 saturated heterocycles. The molecule has 4 heteroatoms. The molecule has 0 heterocycles. The molecule has 0 atom stereocenters. The van der Waals surface area contributed by atoms with E-state index >= 15 is 0 Å². The Labute approximate surface area is 142 Å². The van der Waals surface area contributed by atoms with Crippen molar-refractivity contribution in [2.24, 2.45) is 0 Å². The van der Waals surface area contributed by atoms with Gasteiger partial charge in [-0.05, 0) is 36.8 Å². The summed E-state index contributed by atoms with van der Waals surface area (Å²) in [4.78, 5) is 0. The van der Waals surface area contributed by atoms with Crippen molar-refractivity contribution >= 4 is 7.60 Å². The molecule has 0 unspecified atom stereocenters. The number of aryl methyl sites for hydroxylation is 1. The van der Waals surface area contributed by atoms with E-state index in [2.05, 4.69) is 0 Å². The van der Waals surface area contributed by atoms with Crippen LogP contribution in [0.25, 0.3) is 0 Å². The summed E-state index contributed by atoms with van der Waals surface area (Å²) in [6.07, 6.45) is 0.205. The molecule has 0 amide bonds. The molecule has 24 heavy (non-hydrogen) atoms. The van der Waals surface area contributed by atoms with Crippen LogP contribution < -0.4 is 9.05 Å². The van der Waals surface area contributed by atoms with Crippen LogP contribution in [-0.2, 0) is 10.7 Å². The molecule has 3 aromatic rings. The van der Waals surface area contributed by atoms with Gasteiger partial charge in [0.1, 0.15) is 11.5 Å². The lowest BCUT2D eigenvalue weighted by Crippen LogP contribution is -2.04. The number of benzene rings is 3. The van der Waals surface area contributed by atoms with E-state index in [0.717, 1.165) is 11.1 Å². The maximum Gasteiger partial charge on any atom is 0.435 e. The first-order chi connectivity index (χ1) is 11.6. The Morgan fingerprint density at radius 2 is 1.17 bits per heavy atom. The fourth-order valence-electron chi connectivity index (χ4n) is 2.28. The van der Waals surface area contributed by atoms with Gasteiger partial charge in [0.05, 0.1) is 6.16 Å². The standard InChI is InChI=1S/C20H19O3P/c1-17-12-14-18(15-13-17)16-24(21,22-19-8-4-2-5-9-19)23-20-10-6-3-7-11-20/h2-15H,16H2,1H3. The summed E-state index contributed by atoms with van der Waals surface area (Å²) in [7, 11) is -3.40. The number of para-hydroxylation sites is 2. The van der Waals surface area contributed by atoms with E-state index in [1.54, 1.807) is 24.3 Å². The van der Waals surface area contributed by atoms with Crippen LogP contribution in [-0.4, -0.2) is 0 Å². The average molecular weight is 338 g/mol. The van der Waals surface area contributed by atoms with Crippen molar-refractivity contribution in [2.45, 2.75) is 13.1 Å². The minimum atomic E-state index is -3.40. The van der Waals surface area contributed by atoms with Gasteiger partial charge in [0.15, 0.2) is 0 Å². The van der Waals surface area contributed by atoms with Gasteiger partial charge < -0.3 is 9.05 Å². The largest absolute Gasteiger partial charge is 0.435 e. The molecule has 0 radical (unpaired) electrons. The Balaban J connectivity index is 1.87. The molecular weight excluding hydrogens is 319 g/mol. The van der Waals surface area contributed by atoms with Crippen molar-refractivity contribution in [1.29, 1.82) is 0 Å². The highest BCUT2D eigenvalue weighted by Gasteiger charge is 2.28. The van der Waals surface area contributed by atoms with Crippen molar-refractivity contribution in [3.63, 3.8) is 0 Å². The Morgan fingerprint density at radius 1 is 0.708 bits per heavy atom. The lowest BCUT2D eigenvalue weighted by atomic mass is 10.2. The Hall–Kier alpha value is -2.51. The summed E-state index contributed by atoms with van der Waals surface area (Å²) in [5.41, 5.74) is 2.07. The van der Waals surface area contributed by atoms with E-state index in [1.165, 1.54) is 0 Å². The molecule has 0 N–H and O–H groups in total. The number of hydrogen-bond acceptors (Lipinski definition) is 3. The van der Waals surface area contributed by atoms with Gasteiger partial charge in [-0.2, -0.15) is 0 Å². The molecule has 0 fully saturated rings. The van der Waals surface area contributed by atoms with E-state index < -0.39 is 7.60 Å². The van der Waals surface area contributed by atoms with Crippen LogP contribution >= 0.6 is 7.60 Å². The fraction of sp³-hybridized carbons (Fsp3) is 0.100. The summed E-state index contributed by atoms with van der Waals surface area (Å²) in [6, 6.07) is 26.1. The third-order valence-corrected chi connectivity index (χ3v) is 5.20. The van der Waals surface area contributed by atoms with Crippen molar-refractivity contribution in [1.82, 2.24) is 0 Å². The maximum atomic E-state index is 13.4. The van der Waals surface area contributed by atoms with Gasteiger partial charge in [-0.25, -0.2) is 4.57 Å². The molecule has 3 rings (SSSR count). The van der Waals surface area contributed by atoms with Gasteiger partial charge in [-0.3, -0.25) is 0 Å². The van der Waals surface area contributed by atoms with Crippen LogP contribution in [0.1, 0.15) is 11.1 Å². The molecule has 0 aliphatic carbocycles. The minimum Gasteiger partial charge on any atom is -0.416 e. The third kappa shape index (κ3) is 4.50. The normalized spacial score (nSPS) is 11.0. The smallest absolute Gasteiger partial charge is 0.416 e. The highest BCUT2D eigenvalue weighted by molar-refractivity contribution is 7.53.